The van der Waals surface area contributed by atoms with Gasteiger partial charge in [0.25, 0.3) is 0 Å². The quantitative estimate of drug-likeness (QED) is 0.820. The highest BCUT2D eigenvalue weighted by molar-refractivity contribution is 5.42. The van der Waals surface area contributed by atoms with Crippen LogP contribution in [0.5, 0.6) is 5.88 Å². The Morgan fingerprint density at radius 2 is 2.24 bits per heavy atom. The van der Waals surface area contributed by atoms with Crippen molar-refractivity contribution in [3.05, 3.63) is 18.3 Å². The van der Waals surface area contributed by atoms with Crippen molar-refractivity contribution in [2.75, 3.05) is 32.2 Å². The number of pyridine rings is 1. The van der Waals surface area contributed by atoms with Gasteiger partial charge in [0.2, 0.25) is 5.88 Å². The molecule has 94 valence electrons. The molecule has 1 aromatic rings. The number of hydrogen-bond acceptors (Lipinski definition) is 5. The molecule has 0 aliphatic carbocycles. The molecule has 2 N–H and O–H groups in total. The molecule has 1 aromatic heterocycles. The van der Waals surface area contributed by atoms with Gasteiger partial charge in [0.1, 0.15) is 0 Å². The molecule has 0 radical (unpaired) electrons. The van der Waals surface area contributed by atoms with Crippen molar-refractivity contribution in [1.29, 1.82) is 0 Å². The first-order valence-electron chi connectivity index (χ1n) is 5.76. The van der Waals surface area contributed by atoms with E-state index in [0.717, 1.165) is 5.69 Å². The molecule has 1 saturated heterocycles. The van der Waals surface area contributed by atoms with Crippen LogP contribution in [-0.4, -0.2) is 42.6 Å². The Balaban J connectivity index is 1.87. The Morgan fingerprint density at radius 3 is 2.82 bits per heavy atom. The summed E-state index contributed by atoms with van der Waals surface area (Å²) in [6, 6.07) is 3.67. The number of anilines is 1. The number of hydrogen-bond donors (Lipinski definition) is 2. The van der Waals surface area contributed by atoms with E-state index >= 15 is 0 Å². The first-order valence-corrected chi connectivity index (χ1v) is 5.76. The molecule has 5 nitrogen and oxygen atoms in total. The molecule has 0 aromatic carbocycles. The minimum atomic E-state index is -0.668. The van der Waals surface area contributed by atoms with Crippen molar-refractivity contribution in [1.82, 2.24) is 4.98 Å². The Morgan fingerprint density at radius 1 is 1.47 bits per heavy atom. The minimum Gasteiger partial charge on any atom is -0.481 e. The average molecular weight is 238 g/mol. The van der Waals surface area contributed by atoms with Crippen LogP contribution in [0.15, 0.2) is 18.3 Å². The minimum absolute atomic E-state index is 0.518. The fourth-order valence-corrected chi connectivity index (χ4v) is 1.80. The number of rotatable bonds is 4. The Hall–Kier alpha value is -1.33. The zero-order chi connectivity index (χ0) is 12.1. The van der Waals surface area contributed by atoms with Crippen LogP contribution in [0.1, 0.15) is 12.8 Å². The van der Waals surface area contributed by atoms with Gasteiger partial charge in [-0.15, -0.1) is 0 Å². The van der Waals surface area contributed by atoms with E-state index in [1.165, 1.54) is 0 Å². The summed E-state index contributed by atoms with van der Waals surface area (Å²) < 4.78 is 10.2. The van der Waals surface area contributed by atoms with Crippen LogP contribution in [-0.2, 0) is 4.74 Å². The topological polar surface area (TPSA) is 63.6 Å². The summed E-state index contributed by atoms with van der Waals surface area (Å²) in [7, 11) is 1.58. The van der Waals surface area contributed by atoms with Gasteiger partial charge in [-0.1, -0.05) is 0 Å². The first-order chi connectivity index (χ1) is 8.22. The van der Waals surface area contributed by atoms with Crippen LogP contribution in [0.25, 0.3) is 0 Å². The second-order valence-electron chi connectivity index (χ2n) is 4.28. The van der Waals surface area contributed by atoms with Crippen molar-refractivity contribution < 1.29 is 14.6 Å². The van der Waals surface area contributed by atoms with Crippen molar-refractivity contribution in [3.63, 3.8) is 0 Å². The number of ether oxygens (including phenoxy) is 2. The molecule has 0 saturated carbocycles. The zero-order valence-electron chi connectivity index (χ0n) is 9.98. The third-order valence-electron chi connectivity index (χ3n) is 2.99. The van der Waals surface area contributed by atoms with Crippen LogP contribution in [0.4, 0.5) is 5.69 Å². The average Bonchev–Trinajstić information content (AvgIpc) is 2.38. The largest absolute Gasteiger partial charge is 0.481 e. The molecule has 0 spiro atoms. The molecule has 1 fully saturated rings. The van der Waals surface area contributed by atoms with E-state index < -0.39 is 5.60 Å². The number of nitrogens with zero attached hydrogens (tertiary/aromatic N) is 1. The Bertz CT molecular complexity index is 347. The van der Waals surface area contributed by atoms with Crippen molar-refractivity contribution >= 4 is 5.69 Å². The van der Waals surface area contributed by atoms with Gasteiger partial charge >= 0.3 is 0 Å². The lowest BCUT2D eigenvalue weighted by Crippen LogP contribution is -2.42. The highest BCUT2D eigenvalue weighted by Crippen LogP contribution is 2.21. The molecule has 0 atom stereocenters. The predicted molar refractivity (Wildman–Crippen MR) is 64.3 cm³/mol. The van der Waals surface area contributed by atoms with Crippen molar-refractivity contribution in [2.24, 2.45) is 0 Å². The molecule has 2 heterocycles. The third kappa shape index (κ3) is 3.31. The molecule has 0 bridgehead atoms. The van der Waals surface area contributed by atoms with E-state index in [1.807, 2.05) is 6.07 Å². The zero-order valence-corrected chi connectivity index (χ0v) is 9.98. The van der Waals surface area contributed by atoms with E-state index in [4.69, 9.17) is 9.47 Å². The highest BCUT2D eigenvalue weighted by Gasteiger charge is 2.29. The monoisotopic (exact) mass is 238 g/mol. The van der Waals surface area contributed by atoms with Crippen molar-refractivity contribution in [3.8, 4) is 5.88 Å². The van der Waals surface area contributed by atoms with Crippen LogP contribution in [0.3, 0.4) is 0 Å². The van der Waals surface area contributed by atoms with E-state index in [9.17, 15) is 5.11 Å². The van der Waals surface area contributed by atoms with Gasteiger partial charge in [-0.3, -0.25) is 0 Å². The lowest BCUT2D eigenvalue weighted by molar-refractivity contribution is -0.0543. The van der Waals surface area contributed by atoms with Gasteiger partial charge in [0, 0.05) is 38.7 Å². The fraction of sp³-hybridized carbons (Fsp3) is 0.583. The lowest BCUT2D eigenvalue weighted by atomic mass is 9.94. The number of aliphatic hydroxyl groups is 1. The first kappa shape index (κ1) is 12.1. The van der Waals surface area contributed by atoms with Crippen LogP contribution >= 0.6 is 0 Å². The fourth-order valence-electron chi connectivity index (χ4n) is 1.80. The number of methoxy groups -OCH3 is 1. The van der Waals surface area contributed by atoms with Gasteiger partial charge in [-0.2, -0.15) is 0 Å². The molecule has 1 aliphatic rings. The van der Waals surface area contributed by atoms with E-state index in [-0.39, 0.29) is 0 Å². The molecule has 17 heavy (non-hydrogen) atoms. The predicted octanol–water partition coefficient (Wildman–Crippen LogP) is 1.04. The Labute approximate surface area is 101 Å². The number of nitrogens with one attached hydrogen (secondary N) is 1. The van der Waals surface area contributed by atoms with Crippen molar-refractivity contribution in [2.45, 2.75) is 18.4 Å². The second-order valence-corrected chi connectivity index (χ2v) is 4.28. The van der Waals surface area contributed by atoms with Crippen LogP contribution in [0.2, 0.25) is 0 Å². The summed E-state index contributed by atoms with van der Waals surface area (Å²) in [6.45, 7) is 1.77. The lowest BCUT2D eigenvalue weighted by Gasteiger charge is -2.32. The molecule has 1 aliphatic heterocycles. The maximum atomic E-state index is 10.2. The van der Waals surface area contributed by atoms with Gasteiger partial charge in [0.05, 0.1) is 24.6 Å². The van der Waals surface area contributed by atoms with Gasteiger partial charge in [-0.25, -0.2) is 4.98 Å². The summed E-state index contributed by atoms with van der Waals surface area (Å²) in [5, 5.41) is 13.4. The van der Waals surface area contributed by atoms with Gasteiger partial charge in [0.15, 0.2) is 0 Å². The van der Waals surface area contributed by atoms with E-state index in [1.54, 1.807) is 19.4 Å². The molecular formula is C12H18N2O3. The highest BCUT2D eigenvalue weighted by atomic mass is 16.5. The van der Waals surface area contributed by atoms with Crippen LogP contribution < -0.4 is 10.1 Å². The molecule has 0 amide bonds. The van der Waals surface area contributed by atoms with Crippen LogP contribution in [0, 0.1) is 0 Å². The standard InChI is InChI=1S/C12H18N2O3/c1-16-11-3-2-10(8-13-11)14-9-12(15)4-6-17-7-5-12/h2-3,8,14-15H,4-7,9H2,1H3. The summed E-state index contributed by atoms with van der Waals surface area (Å²) in [6.07, 6.45) is 3.04. The maximum absolute atomic E-state index is 10.2. The van der Waals surface area contributed by atoms with E-state index in [2.05, 4.69) is 10.3 Å². The third-order valence-corrected chi connectivity index (χ3v) is 2.99. The molecule has 0 unspecified atom stereocenters. The normalized spacial score (nSPS) is 18.7. The maximum Gasteiger partial charge on any atom is 0.213 e. The van der Waals surface area contributed by atoms with E-state index in [0.29, 0.717) is 38.5 Å². The van der Waals surface area contributed by atoms with Gasteiger partial charge < -0.3 is 19.9 Å². The molecule has 5 heteroatoms. The SMILES string of the molecule is COc1ccc(NCC2(O)CCOCC2)cn1. The van der Waals surface area contributed by atoms with Gasteiger partial charge in [-0.05, 0) is 6.07 Å². The smallest absolute Gasteiger partial charge is 0.213 e. The summed E-state index contributed by atoms with van der Waals surface area (Å²) in [5.74, 6) is 0.584. The second kappa shape index (κ2) is 5.33. The summed E-state index contributed by atoms with van der Waals surface area (Å²) >= 11 is 0. The molecular weight excluding hydrogens is 220 g/mol. The summed E-state index contributed by atoms with van der Waals surface area (Å²) in [4.78, 5) is 4.09. The number of aromatic nitrogens is 1. The summed E-state index contributed by atoms with van der Waals surface area (Å²) in [5.41, 5.74) is 0.212. The molecule has 2 rings (SSSR count). The Kier molecular flexibility index (Phi) is 3.81.